The first-order valence-corrected chi connectivity index (χ1v) is 11.8. The maximum Gasteiger partial charge on any atom is 0.303 e. The van der Waals surface area contributed by atoms with Crippen molar-refractivity contribution in [3.05, 3.63) is 23.8 Å². The summed E-state index contributed by atoms with van der Waals surface area (Å²) >= 11 is 0. The van der Waals surface area contributed by atoms with Crippen molar-refractivity contribution in [1.82, 2.24) is 4.90 Å². The number of amides is 1. The van der Waals surface area contributed by atoms with Crippen molar-refractivity contribution in [2.45, 2.75) is 76.6 Å². The van der Waals surface area contributed by atoms with Gasteiger partial charge in [0, 0.05) is 37.4 Å². The monoisotopic (exact) mass is 445 g/mol. The molecule has 7 heteroatoms. The standard InChI is InChI=1S/C25H35NO6/c1-25(2)18-10-11-19(31-23(18)17-6-4-7-20(30-3)24(17)32-25)16-12-14-26(15-13-16)21(27)8-5-9-22(28)29/h4,6-7,16,18-19,23H,5,8-15H2,1-3H3,(H,28,29)/t18-,19+,23+/m0/s1. The van der Waals surface area contributed by atoms with Crippen molar-refractivity contribution >= 4 is 11.9 Å². The van der Waals surface area contributed by atoms with Crippen LogP contribution >= 0.6 is 0 Å². The molecule has 0 saturated carbocycles. The van der Waals surface area contributed by atoms with Crippen LogP contribution in [0.5, 0.6) is 11.5 Å². The summed E-state index contributed by atoms with van der Waals surface area (Å²) in [5.74, 6) is 1.48. The number of nitrogens with zero attached hydrogens (tertiary/aromatic N) is 1. The molecule has 3 aliphatic rings. The van der Waals surface area contributed by atoms with Crippen molar-refractivity contribution in [1.29, 1.82) is 0 Å². The number of fused-ring (bicyclic) bond motifs is 3. The van der Waals surface area contributed by atoms with E-state index in [1.54, 1.807) is 7.11 Å². The van der Waals surface area contributed by atoms with Crippen LogP contribution in [0, 0.1) is 11.8 Å². The van der Waals surface area contributed by atoms with Gasteiger partial charge in [0.1, 0.15) is 5.60 Å². The fourth-order valence-corrected chi connectivity index (χ4v) is 5.63. The Hall–Kier alpha value is -2.28. The molecule has 2 fully saturated rings. The van der Waals surface area contributed by atoms with Crippen LogP contribution in [0.25, 0.3) is 0 Å². The van der Waals surface area contributed by atoms with Gasteiger partial charge < -0.3 is 24.2 Å². The average Bonchev–Trinajstić information content (AvgIpc) is 2.78. The van der Waals surface area contributed by atoms with Gasteiger partial charge in [-0.2, -0.15) is 0 Å². The van der Waals surface area contributed by atoms with Crippen molar-refractivity contribution in [2.24, 2.45) is 11.8 Å². The number of carboxylic acids is 1. The first-order chi connectivity index (χ1) is 15.3. The van der Waals surface area contributed by atoms with Crippen molar-refractivity contribution in [3.8, 4) is 11.5 Å². The molecule has 1 N–H and O–H groups in total. The zero-order valence-electron chi connectivity index (χ0n) is 19.3. The average molecular weight is 446 g/mol. The Morgan fingerprint density at radius 3 is 2.59 bits per heavy atom. The number of para-hydroxylation sites is 1. The van der Waals surface area contributed by atoms with Crippen LogP contribution in [0.2, 0.25) is 0 Å². The lowest BCUT2D eigenvalue weighted by atomic mass is 9.73. The first-order valence-electron chi connectivity index (χ1n) is 11.8. The largest absolute Gasteiger partial charge is 0.493 e. The number of hydrogen-bond donors (Lipinski definition) is 1. The Kier molecular flexibility index (Phi) is 6.65. The Morgan fingerprint density at radius 1 is 1.16 bits per heavy atom. The summed E-state index contributed by atoms with van der Waals surface area (Å²) in [7, 11) is 1.67. The summed E-state index contributed by atoms with van der Waals surface area (Å²) in [5.41, 5.74) is 0.743. The number of methoxy groups -OCH3 is 1. The number of rotatable bonds is 6. The zero-order chi connectivity index (χ0) is 22.9. The molecule has 3 heterocycles. The van der Waals surface area contributed by atoms with E-state index in [2.05, 4.69) is 19.9 Å². The third kappa shape index (κ3) is 4.58. The van der Waals surface area contributed by atoms with Crippen molar-refractivity contribution in [2.75, 3.05) is 20.2 Å². The number of carbonyl (C=O) groups is 2. The fraction of sp³-hybridized carbons (Fsp3) is 0.680. The molecule has 176 valence electrons. The van der Waals surface area contributed by atoms with E-state index in [4.69, 9.17) is 19.3 Å². The molecule has 32 heavy (non-hydrogen) atoms. The molecule has 7 nitrogen and oxygen atoms in total. The van der Waals surface area contributed by atoms with E-state index in [0.29, 0.717) is 18.8 Å². The summed E-state index contributed by atoms with van der Waals surface area (Å²) in [5, 5.41) is 8.77. The lowest BCUT2D eigenvalue weighted by molar-refractivity contribution is -0.169. The summed E-state index contributed by atoms with van der Waals surface area (Å²) in [6.07, 6.45) is 4.84. The molecular formula is C25H35NO6. The lowest BCUT2D eigenvalue weighted by Gasteiger charge is -2.50. The second-order valence-electron chi connectivity index (χ2n) is 9.83. The van der Waals surface area contributed by atoms with E-state index in [0.717, 1.165) is 55.8 Å². The Bertz CT molecular complexity index is 845. The highest BCUT2D eigenvalue weighted by molar-refractivity contribution is 5.77. The minimum absolute atomic E-state index is 0.0155. The van der Waals surface area contributed by atoms with Gasteiger partial charge in [0.2, 0.25) is 5.91 Å². The molecule has 0 bridgehead atoms. The second kappa shape index (κ2) is 9.30. The molecule has 0 radical (unpaired) electrons. The van der Waals surface area contributed by atoms with Gasteiger partial charge in [-0.25, -0.2) is 0 Å². The maximum atomic E-state index is 12.4. The number of carboxylic acid groups (broad SMARTS) is 1. The van der Waals surface area contributed by atoms with E-state index in [9.17, 15) is 9.59 Å². The Balaban J connectivity index is 1.39. The highest BCUT2D eigenvalue weighted by Crippen LogP contribution is 2.54. The topological polar surface area (TPSA) is 85.3 Å². The predicted octanol–water partition coefficient (Wildman–Crippen LogP) is 4.20. The molecule has 0 unspecified atom stereocenters. The van der Waals surface area contributed by atoms with Gasteiger partial charge in [-0.05, 0) is 57.9 Å². The number of ether oxygens (including phenoxy) is 3. The number of benzene rings is 1. The summed E-state index contributed by atoms with van der Waals surface area (Å²) < 4.78 is 18.7. The number of carbonyl (C=O) groups excluding carboxylic acids is 1. The zero-order valence-corrected chi connectivity index (χ0v) is 19.3. The van der Waals surface area contributed by atoms with Crippen LogP contribution in [-0.4, -0.2) is 53.8 Å². The second-order valence-corrected chi connectivity index (χ2v) is 9.83. The van der Waals surface area contributed by atoms with E-state index >= 15 is 0 Å². The van der Waals surface area contributed by atoms with Gasteiger partial charge >= 0.3 is 5.97 Å². The van der Waals surface area contributed by atoms with Crippen LogP contribution in [-0.2, 0) is 14.3 Å². The third-order valence-electron chi connectivity index (χ3n) is 7.44. The van der Waals surface area contributed by atoms with Gasteiger partial charge in [-0.1, -0.05) is 12.1 Å². The number of piperidine rings is 1. The lowest BCUT2D eigenvalue weighted by Crippen LogP contribution is -2.50. The van der Waals surface area contributed by atoms with Crippen LogP contribution in [0.3, 0.4) is 0 Å². The minimum atomic E-state index is -0.847. The van der Waals surface area contributed by atoms with Crippen LogP contribution < -0.4 is 9.47 Å². The first kappa shape index (κ1) is 22.9. The SMILES string of the molecule is COc1cccc2c1OC(C)(C)[C@H]1CC[C@H](C3CCN(C(=O)CCCC(=O)O)CC3)O[C@H]21. The van der Waals surface area contributed by atoms with E-state index in [1.807, 2.05) is 17.0 Å². The summed E-state index contributed by atoms with van der Waals surface area (Å²) in [6.45, 7) is 5.73. The summed E-state index contributed by atoms with van der Waals surface area (Å²) in [6, 6.07) is 6.02. The molecule has 2 saturated heterocycles. The van der Waals surface area contributed by atoms with Crippen LogP contribution in [0.4, 0.5) is 0 Å². The normalized spacial score (nSPS) is 27.1. The van der Waals surface area contributed by atoms with Crippen LogP contribution in [0.15, 0.2) is 18.2 Å². The highest BCUT2D eigenvalue weighted by atomic mass is 16.5. The van der Waals surface area contributed by atoms with E-state index < -0.39 is 5.97 Å². The Morgan fingerprint density at radius 2 is 1.91 bits per heavy atom. The fourth-order valence-electron chi connectivity index (χ4n) is 5.63. The molecule has 0 spiro atoms. The third-order valence-corrected chi connectivity index (χ3v) is 7.44. The molecule has 3 atom stereocenters. The molecule has 1 amide bonds. The number of aliphatic carboxylic acids is 1. The van der Waals surface area contributed by atoms with Gasteiger partial charge in [0.05, 0.1) is 19.3 Å². The molecule has 0 aromatic heterocycles. The minimum Gasteiger partial charge on any atom is -0.493 e. The van der Waals surface area contributed by atoms with Gasteiger partial charge in [0.25, 0.3) is 0 Å². The molecule has 4 rings (SSSR count). The molecule has 3 aliphatic heterocycles. The van der Waals surface area contributed by atoms with Gasteiger partial charge in [-0.3, -0.25) is 9.59 Å². The molecule has 0 aliphatic carbocycles. The number of likely N-dealkylation sites (tertiary alicyclic amines) is 1. The van der Waals surface area contributed by atoms with Crippen molar-refractivity contribution < 1.29 is 28.9 Å². The smallest absolute Gasteiger partial charge is 0.303 e. The quantitative estimate of drug-likeness (QED) is 0.707. The molecule has 1 aromatic rings. The van der Waals surface area contributed by atoms with Crippen molar-refractivity contribution in [3.63, 3.8) is 0 Å². The number of hydrogen-bond acceptors (Lipinski definition) is 5. The maximum absolute atomic E-state index is 12.4. The highest BCUT2D eigenvalue weighted by Gasteiger charge is 2.49. The van der Waals surface area contributed by atoms with Gasteiger partial charge in [0.15, 0.2) is 11.5 Å². The molecular weight excluding hydrogens is 410 g/mol. The van der Waals surface area contributed by atoms with Crippen LogP contribution in [0.1, 0.15) is 70.5 Å². The Labute approximate surface area is 190 Å². The van der Waals surface area contributed by atoms with E-state index in [1.165, 1.54) is 0 Å². The molecule has 1 aromatic carbocycles. The predicted molar refractivity (Wildman–Crippen MR) is 119 cm³/mol. The summed E-state index contributed by atoms with van der Waals surface area (Å²) in [4.78, 5) is 25.0. The van der Waals surface area contributed by atoms with E-state index in [-0.39, 0.29) is 36.1 Å². The van der Waals surface area contributed by atoms with Gasteiger partial charge in [-0.15, -0.1) is 0 Å².